The second kappa shape index (κ2) is 10.8. The number of methoxy groups -OCH3 is 2. The molecular weight excluding hydrogens is 464 g/mol. The Labute approximate surface area is 207 Å². The summed E-state index contributed by atoms with van der Waals surface area (Å²) in [6, 6.07) is 17.0. The minimum atomic E-state index is -4.05. The number of carbonyl (C=O) groups excluding carboxylic acids is 1. The van der Waals surface area contributed by atoms with E-state index in [1.54, 1.807) is 30.3 Å². The van der Waals surface area contributed by atoms with Crippen molar-refractivity contribution in [2.75, 3.05) is 25.1 Å². The molecule has 0 aliphatic carbocycles. The molecule has 0 aliphatic rings. The molecule has 0 radical (unpaired) electrons. The van der Waals surface area contributed by atoms with Crippen LogP contribution < -0.4 is 19.1 Å². The Balaban J connectivity index is 1.95. The zero-order valence-corrected chi connectivity index (χ0v) is 21.8. The van der Waals surface area contributed by atoms with Gasteiger partial charge in [-0.3, -0.25) is 9.10 Å². The van der Waals surface area contributed by atoms with Crippen molar-refractivity contribution >= 4 is 21.6 Å². The zero-order valence-electron chi connectivity index (χ0n) is 21.0. The number of nitrogens with zero attached hydrogens (tertiary/aromatic N) is 1. The molecule has 0 aromatic heterocycles. The van der Waals surface area contributed by atoms with Gasteiger partial charge < -0.3 is 14.8 Å². The van der Waals surface area contributed by atoms with Crippen molar-refractivity contribution in [3.8, 4) is 11.5 Å². The monoisotopic (exact) mass is 496 g/mol. The maximum absolute atomic E-state index is 13.6. The third-order valence-electron chi connectivity index (χ3n) is 5.96. The number of amides is 1. The number of benzene rings is 3. The topological polar surface area (TPSA) is 84.9 Å². The molecule has 0 saturated carbocycles. The number of anilines is 1. The lowest BCUT2D eigenvalue weighted by Gasteiger charge is -2.26. The summed E-state index contributed by atoms with van der Waals surface area (Å²) in [5, 5.41) is 2.93. The molecule has 186 valence electrons. The SMILES string of the molecule is COc1ccc(N(CC(=O)NC(C)c2ccc(C)c(C)c2)S(=O)(=O)c2ccc(C)cc2)cc1OC. The van der Waals surface area contributed by atoms with Crippen molar-refractivity contribution in [3.05, 3.63) is 82.9 Å². The van der Waals surface area contributed by atoms with Gasteiger partial charge in [0.15, 0.2) is 11.5 Å². The van der Waals surface area contributed by atoms with Crippen molar-refractivity contribution in [1.29, 1.82) is 0 Å². The van der Waals surface area contributed by atoms with Gasteiger partial charge >= 0.3 is 0 Å². The fourth-order valence-electron chi connectivity index (χ4n) is 3.67. The van der Waals surface area contributed by atoms with Gasteiger partial charge in [-0.25, -0.2) is 8.42 Å². The van der Waals surface area contributed by atoms with Crippen LogP contribution in [0, 0.1) is 20.8 Å². The summed E-state index contributed by atoms with van der Waals surface area (Å²) in [5.74, 6) is 0.385. The van der Waals surface area contributed by atoms with Crippen LogP contribution in [0.5, 0.6) is 11.5 Å². The highest BCUT2D eigenvalue weighted by molar-refractivity contribution is 7.92. The summed E-state index contributed by atoms with van der Waals surface area (Å²) >= 11 is 0. The minimum absolute atomic E-state index is 0.0906. The van der Waals surface area contributed by atoms with Crippen molar-refractivity contribution in [1.82, 2.24) is 5.32 Å². The third kappa shape index (κ3) is 5.95. The Morgan fingerprint density at radius 3 is 2.14 bits per heavy atom. The van der Waals surface area contributed by atoms with E-state index in [-0.39, 0.29) is 16.6 Å². The Bertz CT molecular complexity index is 1300. The molecule has 8 heteroatoms. The van der Waals surface area contributed by atoms with Crippen LogP contribution in [0.4, 0.5) is 5.69 Å². The van der Waals surface area contributed by atoms with Gasteiger partial charge in [-0.15, -0.1) is 0 Å². The molecule has 3 aromatic rings. The van der Waals surface area contributed by atoms with Gasteiger partial charge in [0.2, 0.25) is 5.91 Å². The van der Waals surface area contributed by atoms with Crippen LogP contribution in [0.25, 0.3) is 0 Å². The Hall–Kier alpha value is -3.52. The molecule has 3 rings (SSSR count). The van der Waals surface area contributed by atoms with E-state index in [9.17, 15) is 13.2 Å². The molecule has 0 aliphatic heterocycles. The number of hydrogen-bond donors (Lipinski definition) is 1. The highest BCUT2D eigenvalue weighted by Gasteiger charge is 2.28. The Kier molecular flexibility index (Phi) is 8.07. The van der Waals surface area contributed by atoms with Crippen LogP contribution in [0.1, 0.15) is 35.2 Å². The molecule has 7 nitrogen and oxygen atoms in total. The predicted molar refractivity (Wildman–Crippen MR) is 138 cm³/mol. The first-order valence-electron chi connectivity index (χ1n) is 11.2. The summed E-state index contributed by atoms with van der Waals surface area (Å²) < 4.78 is 39.0. The van der Waals surface area contributed by atoms with E-state index in [1.807, 2.05) is 45.9 Å². The number of aryl methyl sites for hydroxylation is 3. The lowest BCUT2D eigenvalue weighted by atomic mass is 10.0. The first-order valence-corrected chi connectivity index (χ1v) is 12.7. The predicted octanol–water partition coefficient (Wildman–Crippen LogP) is 4.70. The molecule has 1 atom stereocenters. The van der Waals surface area contributed by atoms with Gasteiger partial charge in [-0.05, 0) is 68.7 Å². The van der Waals surface area contributed by atoms with Crippen molar-refractivity contribution in [2.45, 2.75) is 38.6 Å². The number of ether oxygens (including phenoxy) is 2. The van der Waals surface area contributed by atoms with Crippen molar-refractivity contribution < 1.29 is 22.7 Å². The van der Waals surface area contributed by atoms with Crippen LogP contribution in [-0.2, 0) is 14.8 Å². The van der Waals surface area contributed by atoms with Crippen LogP contribution >= 0.6 is 0 Å². The van der Waals surface area contributed by atoms with Crippen LogP contribution in [-0.4, -0.2) is 35.1 Å². The first-order chi connectivity index (χ1) is 16.6. The standard InChI is InChI=1S/C27H32N2O5S/c1-18-7-12-24(13-8-18)35(31,32)29(23-11-14-25(33-5)26(16-23)34-6)17-27(30)28-21(4)22-10-9-19(2)20(3)15-22/h7-16,21H,17H2,1-6H3,(H,28,30). The van der Waals surface area contributed by atoms with Crippen LogP contribution in [0.3, 0.4) is 0 Å². The van der Waals surface area contributed by atoms with Gasteiger partial charge in [0.25, 0.3) is 10.0 Å². The maximum Gasteiger partial charge on any atom is 0.264 e. The van der Waals surface area contributed by atoms with Gasteiger partial charge in [0.1, 0.15) is 6.54 Å². The molecule has 3 aromatic carbocycles. The molecule has 0 spiro atoms. The summed E-state index contributed by atoms with van der Waals surface area (Å²) in [4.78, 5) is 13.2. The van der Waals surface area contributed by atoms with E-state index in [0.29, 0.717) is 11.5 Å². The second-order valence-electron chi connectivity index (χ2n) is 8.50. The average molecular weight is 497 g/mol. The van der Waals surface area contributed by atoms with E-state index < -0.39 is 22.5 Å². The van der Waals surface area contributed by atoms with Gasteiger partial charge in [0.05, 0.1) is 30.8 Å². The fourth-order valence-corrected chi connectivity index (χ4v) is 5.08. The minimum Gasteiger partial charge on any atom is -0.493 e. The lowest BCUT2D eigenvalue weighted by Crippen LogP contribution is -2.41. The number of carbonyl (C=O) groups is 1. The van der Waals surface area contributed by atoms with E-state index in [4.69, 9.17) is 9.47 Å². The summed E-state index contributed by atoms with van der Waals surface area (Å²) in [6.07, 6.45) is 0. The molecule has 1 N–H and O–H groups in total. The van der Waals surface area contributed by atoms with Gasteiger partial charge in [0, 0.05) is 6.07 Å². The number of hydrogen-bond acceptors (Lipinski definition) is 5. The largest absolute Gasteiger partial charge is 0.493 e. The highest BCUT2D eigenvalue weighted by atomic mass is 32.2. The molecule has 1 unspecified atom stereocenters. The fraction of sp³-hybridized carbons (Fsp3) is 0.296. The molecule has 0 bridgehead atoms. The van der Waals surface area contributed by atoms with Crippen LogP contribution in [0.15, 0.2) is 65.6 Å². The number of sulfonamides is 1. The molecule has 0 fully saturated rings. The summed E-state index contributed by atoms with van der Waals surface area (Å²) in [5.41, 5.74) is 4.45. The smallest absolute Gasteiger partial charge is 0.264 e. The molecule has 1 amide bonds. The number of nitrogens with one attached hydrogen (secondary N) is 1. The average Bonchev–Trinajstić information content (AvgIpc) is 2.83. The highest BCUT2D eigenvalue weighted by Crippen LogP contribution is 2.34. The van der Waals surface area contributed by atoms with Gasteiger partial charge in [-0.2, -0.15) is 0 Å². The molecule has 0 saturated heterocycles. The molecule has 0 heterocycles. The van der Waals surface area contributed by atoms with Crippen molar-refractivity contribution in [3.63, 3.8) is 0 Å². The Morgan fingerprint density at radius 1 is 0.886 bits per heavy atom. The second-order valence-corrected chi connectivity index (χ2v) is 10.4. The normalized spacial score (nSPS) is 12.1. The van der Waals surface area contributed by atoms with E-state index in [1.165, 1.54) is 26.4 Å². The quantitative estimate of drug-likeness (QED) is 0.464. The first kappa shape index (κ1) is 26.1. The molecule has 35 heavy (non-hydrogen) atoms. The van der Waals surface area contributed by atoms with E-state index in [2.05, 4.69) is 5.32 Å². The van der Waals surface area contributed by atoms with E-state index >= 15 is 0 Å². The van der Waals surface area contributed by atoms with Gasteiger partial charge in [-0.1, -0.05) is 35.9 Å². The molecular formula is C27H32N2O5S. The van der Waals surface area contributed by atoms with Crippen LogP contribution in [0.2, 0.25) is 0 Å². The van der Waals surface area contributed by atoms with Crippen molar-refractivity contribution in [2.24, 2.45) is 0 Å². The zero-order chi connectivity index (χ0) is 25.8. The maximum atomic E-state index is 13.6. The summed E-state index contributed by atoms with van der Waals surface area (Å²) in [7, 11) is -1.08. The Morgan fingerprint density at radius 2 is 1.54 bits per heavy atom. The third-order valence-corrected chi connectivity index (χ3v) is 7.75. The number of rotatable bonds is 9. The summed E-state index contributed by atoms with van der Waals surface area (Å²) in [6.45, 7) is 7.39. The lowest BCUT2D eigenvalue weighted by molar-refractivity contribution is -0.120. The van der Waals surface area contributed by atoms with E-state index in [0.717, 1.165) is 26.6 Å².